The van der Waals surface area contributed by atoms with Crippen molar-refractivity contribution in [1.29, 1.82) is 0 Å². The Balaban J connectivity index is 3.96. The van der Waals surface area contributed by atoms with Crippen LogP contribution >= 0.6 is 11.6 Å². The normalized spacial score (nSPS) is 15.9. The molecule has 0 bridgehead atoms. The minimum atomic E-state index is -0.0961. The number of unbranched alkanes of at least 4 members (excludes halogenated alkanes) is 1. The summed E-state index contributed by atoms with van der Waals surface area (Å²) in [5.74, 6) is 0. The third-order valence-corrected chi connectivity index (χ3v) is 3.23. The molecule has 0 aliphatic carbocycles. The maximum atomic E-state index is 5.86. The van der Waals surface area contributed by atoms with E-state index < -0.39 is 0 Å². The first-order valence-corrected chi connectivity index (χ1v) is 7.81. The molecule has 0 fully saturated rings. The average Bonchev–Trinajstić information content (AvgIpc) is 2.41. The van der Waals surface area contributed by atoms with Crippen LogP contribution in [0.25, 0.3) is 0 Å². The lowest BCUT2D eigenvalue weighted by Crippen LogP contribution is -2.10. The number of nitrogens with two attached hydrogens (primary N) is 2. The van der Waals surface area contributed by atoms with E-state index in [1.807, 2.05) is 13.0 Å². The van der Waals surface area contributed by atoms with E-state index in [0.717, 1.165) is 32.1 Å². The standard InChI is InChI=1S/C17H29ClN2/c1-4-15(5-2)11-9-7-6-8-10-12-16(19)17(20)13-14(3)18/h4,6-7,12-14H,5,8-11,19-20H2,1-3H3/b7-6-,15-4-,16-12+,17-13+. The predicted molar refractivity (Wildman–Crippen MR) is 91.5 cm³/mol. The summed E-state index contributed by atoms with van der Waals surface area (Å²) in [4.78, 5) is 0. The smallest absolute Gasteiger partial charge is 0.0518 e. The molecule has 20 heavy (non-hydrogen) atoms. The van der Waals surface area contributed by atoms with Gasteiger partial charge in [0.15, 0.2) is 0 Å². The van der Waals surface area contributed by atoms with E-state index in [-0.39, 0.29) is 5.38 Å². The van der Waals surface area contributed by atoms with Crippen LogP contribution in [0.3, 0.4) is 0 Å². The zero-order valence-corrected chi connectivity index (χ0v) is 13.8. The van der Waals surface area contributed by atoms with Gasteiger partial charge in [0, 0.05) is 0 Å². The average molecular weight is 297 g/mol. The number of allylic oxidation sites excluding steroid dienone is 6. The van der Waals surface area contributed by atoms with E-state index in [1.165, 1.54) is 5.57 Å². The molecule has 4 N–H and O–H groups in total. The summed E-state index contributed by atoms with van der Waals surface area (Å²) in [5.41, 5.74) is 14.4. The van der Waals surface area contributed by atoms with Crippen molar-refractivity contribution in [2.75, 3.05) is 0 Å². The monoisotopic (exact) mass is 296 g/mol. The summed E-state index contributed by atoms with van der Waals surface area (Å²) in [5, 5.41) is -0.0961. The van der Waals surface area contributed by atoms with E-state index in [0.29, 0.717) is 11.4 Å². The second-order valence-electron chi connectivity index (χ2n) is 4.85. The van der Waals surface area contributed by atoms with Crippen LogP contribution in [0, 0.1) is 0 Å². The van der Waals surface area contributed by atoms with Crippen LogP contribution in [0.1, 0.15) is 52.9 Å². The predicted octanol–water partition coefficient (Wildman–Crippen LogP) is 4.77. The molecule has 0 rings (SSSR count). The quantitative estimate of drug-likeness (QED) is 0.279. The topological polar surface area (TPSA) is 52.0 Å². The molecule has 0 saturated carbocycles. The molecular formula is C17H29ClN2. The van der Waals surface area contributed by atoms with E-state index in [1.54, 1.807) is 6.08 Å². The highest BCUT2D eigenvalue weighted by molar-refractivity contribution is 6.21. The van der Waals surface area contributed by atoms with E-state index in [9.17, 15) is 0 Å². The minimum Gasteiger partial charge on any atom is -0.397 e. The van der Waals surface area contributed by atoms with Gasteiger partial charge in [-0.25, -0.2) is 0 Å². The highest BCUT2D eigenvalue weighted by Crippen LogP contribution is 2.10. The number of hydrogen-bond donors (Lipinski definition) is 2. The van der Waals surface area contributed by atoms with Gasteiger partial charge in [-0.05, 0) is 52.0 Å². The van der Waals surface area contributed by atoms with Gasteiger partial charge in [0.05, 0.1) is 16.8 Å². The highest BCUT2D eigenvalue weighted by atomic mass is 35.5. The first kappa shape index (κ1) is 18.9. The number of rotatable bonds is 9. The van der Waals surface area contributed by atoms with Gasteiger partial charge in [-0.2, -0.15) is 0 Å². The van der Waals surface area contributed by atoms with Crippen LogP contribution < -0.4 is 11.5 Å². The van der Waals surface area contributed by atoms with Crippen molar-refractivity contribution < 1.29 is 0 Å². The molecule has 0 aliphatic rings. The molecular weight excluding hydrogens is 268 g/mol. The Bertz CT molecular complexity index is 376. The first-order chi connectivity index (χ1) is 9.51. The van der Waals surface area contributed by atoms with Crippen LogP contribution in [-0.2, 0) is 0 Å². The molecule has 0 heterocycles. The van der Waals surface area contributed by atoms with Gasteiger partial charge in [0.1, 0.15) is 0 Å². The second kappa shape index (κ2) is 11.7. The van der Waals surface area contributed by atoms with Gasteiger partial charge < -0.3 is 11.5 Å². The van der Waals surface area contributed by atoms with Gasteiger partial charge in [-0.1, -0.05) is 36.8 Å². The highest BCUT2D eigenvalue weighted by Gasteiger charge is 1.97. The molecule has 3 heteroatoms. The van der Waals surface area contributed by atoms with Crippen LogP contribution in [0.15, 0.2) is 47.3 Å². The SMILES string of the molecule is C/C=C(/CC)CC/C=C\CC/C=C(N)\C(N)=C/C(C)Cl. The lowest BCUT2D eigenvalue weighted by atomic mass is 10.1. The third kappa shape index (κ3) is 9.74. The molecule has 0 saturated heterocycles. The zero-order chi connectivity index (χ0) is 15.4. The summed E-state index contributed by atoms with van der Waals surface area (Å²) in [6, 6.07) is 0. The summed E-state index contributed by atoms with van der Waals surface area (Å²) < 4.78 is 0. The van der Waals surface area contributed by atoms with Crippen LogP contribution in [0.2, 0.25) is 0 Å². The number of alkyl halides is 1. The molecule has 114 valence electrons. The van der Waals surface area contributed by atoms with Gasteiger partial charge in [0.2, 0.25) is 0 Å². The van der Waals surface area contributed by atoms with Crippen LogP contribution in [-0.4, -0.2) is 5.38 Å². The molecule has 0 aromatic heterocycles. The molecule has 1 unspecified atom stereocenters. The molecule has 0 spiro atoms. The lowest BCUT2D eigenvalue weighted by Gasteiger charge is -2.03. The molecule has 0 radical (unpaired) electrons. The lowest BCUT2D eigenvalue weighted by molar-refractivity contribution is 0.898. The van der Waals surface area contributed by atoms with Crippen molar-refractivity contribution in [1.82, 2.24) is 0 Å². The molecule has 2 nitrogen and oxygen atoms in total. The Morgan fingerprint density at radius 2 is 1.75 bits per heavy atom. The van der Waals surface area contributed by atoms with E-state index in [4.69, 9.17) is 23.1 Å². The maximum absolute atomic E-state index is 5.86. The zero-order valence-electron chi connectivity index (χ0n) is 13.0. The van der Waals surface area contributed by atoms with E-state index in [2.05, 4.69) is 32.1 Å². The van der Waals surface area contributed by atoms with Gasteiger partial charge in [-0.15, -0.1) is 11.6 Å². The third-order valence-electron chi connectivity index (χ3n) is 3.10. The first-order valence-electron chi connectivity index (χ1n) is 7.37. The Hall–Kier alpha value is -1.15. The van der Waals surface area contributed by atoms with Crippen molar-refractivity contribution in [2.45, 2.75) is 58.3 Å². The van der Waals surface area contributed by atoms with Crippen molar-refractivity contribution in [3.63, 3.8) is 0 Å². The van der Waals surface area contributed by atoms with Gasteiger partial charge in [-0.3, -0.25) is 0 Å². The number of halogens is 1. The molecule has 0 aromatic rings. The largest absolute Gasteiger partial charge is 0.397 e. The maximum Gasteiger partial charge on any atom is 0.0518 e. The fourth-order valence-corrected chi connectivity index (χ4v) is 1.96. The van der Waals surface area contributed by atoms with Crippen LogP contribution in [0.4, 0.5) is 0 Å². The second-order valence-corrected chi connectivity index (χ2v) is 5.54. The summed E-state index contributed by atoms with van der Waals surface area (Å²) >= 11 is 5.83. The Morgan fingerprint density at radius 1 is 1.10 bits per heavy atom. The van der Waals surface area contributed by atoms with Crippen molar-refractivity contribution in [3.8, 4) is 0 Å². The van der Waals surface area contributed by atoms with Gasteiger partial charge >= 0.3 is 0 Å². The molecule has 1 atom stereocenters. The van der Waals surface area contributed by atoms with Crippen molar-refractivity contribution in [2.24, 2.45) is 11.5 Å². The molecule has 0 aromatic carbocycles. The fraction of sp³-hybridized carbons (Fsp3) is 0.529. The van der Waals surface area contributed by atoms with E-state index >= 15 is 0 Å². The van der Waals surface area contributed by atoms with Crippen molar-refractivity contribution >= 4 is 11.6 Å². The Kier molecular flexibility index (Phi) is 11.0. The van der Waals surface area contributed by atoms with Crippen LogP contribution in [0.5, 0.6) is 0 Å². The van der Waals surface area contributed by atoms with Gasteiger partial charge in [0.25, 0.3) is 0 Å². The molecule has 0 aliphatic heterocycles. The summed E-state index contributed by atoms with van der Waals surface area (Å²) in [6.07, 6.45) is 15.7. The number of hydrogen-bond acceptors (Lipinski definition) is 2. The minimum absolute atomic E-state index is 0.0961. The molecule has 0 amide bonds. The Morgan fingerprint density at radius 3 is 2.30 bits per heavy atom. The summed E-state index contributed by atoms with van der Waals surface area (Å²) in [6.45, 7) is 6.17. The van der Waals surface area contributed by atoms with Crippen molar-refractivity contribution in [3.05, 3.63) is 47.3 Å². The Labute approximate surface area is 129 Å². The summed E-state index contributed by atoms with van der Waals surface area (Å²) in [7, 11) is 0. The fourth-order valence-electron chi connectivity index (χ4n) is 1.83.